The fraction of sp³-hybridized carbons (Fsp3) is 0.385. The fourth-order valence-corrected chi connectivity index (χ4v) is 1.69. The smallest absolute Gasteiger partial charge is 0.387 e. The van der Waals surface area contributed by atoms with Crippen LogP contribution in [0, 0.1) is 0 Å². The molecule has 0 aliphatic heterocycles. The van der Waals surface area contributed by atoms with Gasteiger partial charge in [0.1, 0.15) is 5.75 Å². The van der Waals surface area contributed by atoms with Crippen molar-refractivity contribution < 1.29 is 27.8 Å². The predicted octanol–water partition coefficient (Wildman–Crippen LogP) is 2.82. The summed E-state index contributed by atoms with van der Waals surface area (Å²) in [6, 6.07) is 4.01. The van der Waals surface area contributed by atoms with Gasteiger partial charge in [-0.1, -0.05) is 6.07 Å². The zero-order valence-electron chi connectivity index (χ0n) is 10.7. The zero-order valence-corrected chi connectivity index (χ0v) is 11.5. The maximum absolute atomic E-state index is 12.4. The molecule has 1 aromatic rings. The molecule has 0 N–H and O–H groups in total. The van der Waals surface area contributed by atoms with Crippen LogP contribution in [-0.4, -0.2) is 30.9 Å². The highest BCUT2D eigenvalue weighted by atomic mass is 35.5. The van der Waals surface area contributed by atoms with E-state index < -0.39 is 18.4 Å². The van der Waals surface area contributed by atoms with Crippen LogP contribution in [0.25, 0.3) is 0 Å². The van der Waals surface area contributed by atoms with Crippen molar-refractivity contribution in [1.82, 2.24) is 0 Å². The first-order chi connectivity index (χ1) is 9.49. The molecular formula is C13H13ClF2O4. The van der Waals surface area contributed by atoms with Gasteiger partial charge in [-0.05, 0) is 19.1 Å². The van der Waals surface area contributed by atoms with E-state index >= 15 is 0 Å². The minimum absolute atomic E-state index is 0.0171. The van der Waals surface area contributed by atoms with Gasteiger partial charge >= 0.3 is 12.6 Å². The highest BCUT2D eigenvalue weighted by Crippen LogP contribution is 2.26. The third-order valence-electron chi connectivity index (χ3n) is 2.37. The van der Waals surface area contributed by atoms with Gasteiger partial charge in [-0.3, -0.25) is 4.79 Å². The number of hydrogen-bond donors (Lipinski definition) is 0. The van der Waals surface area contributed by atoms with Gasteiger partial charge in [0.2, 0.25) is 0 Å². The van der Waals surface area contributed by atoms with Crippen LogP contribution in [0.5, 0.6) is 5.75 Å². The molecule has 0 aromatic heterocycles. The van der Waals surface area contributed by atoms with Crippen LogP contribution < -0.4 is 4.74 Å². The summed E-state index contributed by atoms with van der Waals surface area (Å²) in [5.74, 6) is -1.64. The molecule has 4 nitrogen and oxygen atoms in total. The second-order valence-corrected chi connectivity index (χ2v) is 4.00. The van der Waals surface area contributed by atoms with E-state index in [4.69, 9.17) is 16.3 Å². The molecule has 7 heteroatoms. The molecule has 0 radical (unpaired) electrons. The lowest BCUT2D eigenvalue weighted by atomic mass is 10.0. The molecule has 0 saturated heterocycles. The minimum atomic E-state index is -3.06. The highest BCUT2D eigenvalue weighted by molar-refractivity contribution is 6.27. The molecule has 0 heterocycles. The summed E-state index contributed by atoms with van der Waals surface area (Å²) in [5.41, 5.74) is 0.0698. The van der Waals surface area contributed by atoms with Crippen LogP contribution in [0.2, 0.25) is 0 Å². The summed E-state index contributed by atoms with van der Waals surface area (Å²) < 4.78 is 33.8. The summed E-state index contributed by atoms with van der Waals surface area (Å²) in [6.45, 7) is -1.32. The average Bonchev–Trinajstić information content (AvgIpc) is 2.40. The van der Waals surface area contributed by atoms with Gasteiger partial charge in [-0.15, -0.1) is 11.6 Å². The molecule has 0 saturated carbocycles. The SMILES string of the molecule is CCOC(=O)c1cccc(OC(F)F)c1CC(=O)CCl. The van der Waals surface area contributed by atoms with Crippen LogP contribution in [-0.2, 0) is 16.0 Å². The zero-order chi connectivity index (χ0) is 15.1. The van der Waals surface area contributed by atoms with Crippen molar-refractivity contribution in [2.24, 2.45) is 0 Å². The Hall–Kier alpha value is -1.69. The molecular weight excluding hydrogens is 294 g/mol. The molecule has 0 aliphatic carbocycles. The number of benzene rings is 1. The van der Waals surface area contributed by atoms with Gasteiger partial charge in [-0.25, -0.2) is 4.79 Å². The number of carbonyl (C=O) groups excluding carboxylic acids is 2. The van der Waals surface area contributed by atoms with Crippen molar-refractivity contribution in [1.29, 1.82) is 0 Å². The number of alkyl halides is 3. The molecule has 110 valence electrons. The molecule has 1 aromatic carbocycles. The number of halogens is 3. The Morgan fingerprint density at radius 2 is 2.05 bits per heavy atom. The van der Waals surface area contributed by atoms with Crippen LogP contribution in [0.1, 0.15) is 22.8 Å². The number of carbonyl (C=O) groups is 2. The number of hydrogen-bond acceptors (Lipinski definition) is 4. The van der Waals surface area contributed by atoms with Gasteiger partial charge < -0.3 is 9.47 Å². The lowest BCUT2D eigenvalue weighted by molar-refractivity contribution is -0.116. The summed E-state index contributed by atoms with van der Waals surface area (Å²) >= 11 is 5.40. The minimum Gasteiger partial charge on any atom is -0.462 e. The molecule has 0 unspecified atom stereocenters. The summed E-state index contributed by atoms with van der Waals surface area (Å²) in [6.07, 6.45) is -0.277. The van der Waals surface area contributed by atoms with E-state index in [9.17, 15) is 18.4 Å². The first-order valence-corrected chi connectivity index (χ1v) is 6.34. The molecule has 0 atom stereocenters. The number of rotatable bonds is 7. The Bertz CT molecular complexity index is 491. The third kappa shape index (κ3) is 4.45. The first kappa shape index (κ1) is 16.4. The maximum atomic E-state index is 12.4. The van der Waals surface area contributed by atoms with Gasteiger partial charge in [0.15, 0.2) is 5.78 Å². The van der Waals surface area contributed by atoms with Gasteiger partial charge in [0.05, 0.1) is 18.1 Å². The number of ketones is 1. The molecule has 20 heavy (non-hydrogen) atoms. The predicted molar refractivity (Wildman–Crippen MR) is 68.5 cm³/mol. The molecule has 0 bridgehead atoms. The normalized spacial score (nSPS) is 10.4. The van der Waals surface area contributed by atoms with Gasteiger partial charge in [0, 0.05) is 12.0 Å². The summed E-state index contributed by atoms with van der Waals surface area (Å²) in [7, 11) is 0. The van der Waals surface area contributed by atoms with Crippen molar-refractivity contribution >= 4 is 23.4 Å². The number of esters is 1. The lowest BCUT2D eigenvalue weighted by Gasteiger charge is -2.13. The molecule has 0 amide bonds. The lowest BCUT2D eigenvalue weighted by Crippen LogP contribution is -2.15. The van der Waals surface area contributed by atoms with E-state index in [2.05, 4.69) is 4.74 Å². The molecule has 0 aliphatic rings. The number of Topliss-reactive ketones (excluding diaryl/α,β-unsaturated/α-hetero) is 1. The van der Waals surface area contributed by atoms with Crippen molar-refractivity contribution in [3.8, 4) is 5.75 Å². The van der Waals surface area contributed by atoms with Crippen LogP contribution in [0.3, 0.4) is 0 Å². The van der Waals surface area contributed by atoms with Crippen LogP contribution in [0.15, 0.2) is 18.2 Å². The Morgan fingerprint density at radius 3 is 2.60 bits per heavy atom. The highest BCUT2D eigenvalue weighted by Gasteiger charge is 2.20. The quantitative estimate of drug-likeness (QED) is 0.574. The topological polar surface area (TPSA) is 52.6 Å². The monoisotopic (exact) mass is 306 g/mol. The van der Waals surface area contributed by atoms with E-state index in [0.29, 0.717) is 0 Å². The van der Waals surface area contributed by atoms with Crippen molar-refractivity contribution in [2.75, 3.05) is 12.5 Å². The van der Waals surface area contributed by atoms with E-state index in [1.165, 1.54) is 18.2 Å². The largest absolute Gasteiger partial charge is 0.462 e. The number of ether oxygens (including phenoxy) is 2. The Labute approximate surface area is 119 Å². The molecule has 0 fully saturated rings. The Morgan fingerprint density at radius 1 is 1.35 bits per heavy atom. The average molecular weight is 307 g/mol. The second-order valence-electron chi connectivity index (χ2n) is 3.73. The maximum Gasteiger partial charge on any atom is 0.387 e. The Balaban J connectivity index is 3.20. The molecule has 1 rings (SSSR count). The third-order valence-corrected chi connectivity index (χ3v) is 2.67. The fourth-order valence-electron chi connectivity index (χ4n) is 1.60. The standard InChI is InChI=1S/C13H13ClF2O4/c1-2-19-12(18)9-4-3-5-11(20-13(15)16)10(9)6-8(17)7-14/h3-5,13H,2,6-7H2,1H3. The van der Waals surface area contributed by atoms with E-state index in [1.54, 1.807) is 6.92 Å². The van der Waals surface area contributed by atoms with E-state index in [-0.39, 0.29) is 35.8 Å². The van der Waals surface area contributed by atoms with Crippen molar-refractivity contribution in [3.63, 3.8) is 0 Å². The second kappa shape index (κ2) is 7.79. The first-order valence-electron chi connectivity index (χ1n) is 5.81. The summed E-state index contributed by atoms with van der Waals surface area (Å²) in [4.78, 5) is 23.2. The Kier molecular flexibility index (Phi) is 6.38. The van der Waals surface area contributed by atoms with Gasteiger partial charge in [-0.2, -0.15) is 8.78 Å². The van der Waals surface area contributed by atoms with Crippen LogP contribution >= 0.6 is 11.6 Å². The van der Waals surface area contributed by atoms with Crippen molar-refractivity contribution in [3.05, 3.63) is 29.3 Å². The molecule has 0 spiro atoms. The van der Waals surface area contributed by atoms with Crippen molar-refractivity contribution in [2.45, 2.75) is 20.0 Å². The van der Waals surface area contributed by atoms with E-state index in [0.717, 1.165) is 0 Å². The van der Waals surface area contributed by atoms with Gasteiger partial charge in [0.25, 0.3) is 0 Å². The van der Waals surface area contributed by atoms with E-state index in [1.807, 2.05) is 0 Å². The summed E-state index contributed by atoms with van der Waals surface area (Å²) in [5, 5.41) is 0. The van der Waals surface area contributed by atoms with Crippen LogP contribution in [0.4, 0.5) is 8.78 Å².